The number of sulfonamides is 1. The van der Waals surface area contributed by atoms with Crippen LogP contribution in [-0.4, -0.2) is 43.1 Å². The van der Waals surface area contributed by atoms with Gasteiger partial charge in [-0.15, -0.1) is 11.8 Å². The van der Waals surface area contributed by atoms with Crippen molar-refractivity contribution < 1.29 is 13.2 Å². The Morgan fingerprint density at radius 2 is 1.90 bits per heavy atom. The second kappa shape index (κ2) is 5.57. The maximum absolute atomic E-state index is 12.7. The van der Waals surface area contributed by atoms with Gasteiger partial charge in [-0.05, 0) is 49.9 Å². The lowest BCUT2D eigenvalue weighted by atomic mass is 10.1. The van der Waals surface area contributed by atoms with Gasteiger partial charge in [0.1, 0.15) is 4.93 Å². The first-order valence-electron chi connectivity index (χ1n) is 7.28. The normalized spacial score (nSPS) is 22.8. The minimum Gasteiger partial charge on any atom is -0.363 e. The Kier molecular flexibility index (Phi) is 4.07. The van der Waals surface area contributed by atoms with Gasteiger partial charge in [0.15, 0.2) is 0 Å². The Morgan fingerprint density at radius 1 is 1.19 bits per heavy atom. The second-order valence-corrected chi connectivity index (χ2v) is 9.14. The molecule has 0 amide bonds. The summed E-state index contributed by atoms with van der Waals surface area (Å²) in [4.78, 5) is 0.274. The van der Waals surface area contributed by atoms with Crippen LogP contribution in [0.15, 0.2) is 23.1 Å². The molecule has 0 saturated carbocycles. The average Bonchev–Trinajstić information content (AvgIpc) is 2.90. The highest BCUT2D eigenvalue weighted by Gasteiger charge is 2.42. The van der Waals surface area contributed by atoms with Gasteiger partial charge >= 0.3 is 0 Å². The van der Waals surface area contributed by atoms with Crippen molar-refractivity contribution in [1.29, 1.82) is 0 Å². The van der Waals surface area contributed by atoms with E-state index in [2.05, 4.69) is 0 Å². The van der Waals surface area contributed by atoms with Crippen molar-refractivity contribution >= 4 is 21.8 Å². The van der Waals surface area contributed by atoms with Crippen molar-refractivity contribution in [2.24, 2.45) is 0 Å². The molecule has 2 saturated heterocycles. The number of nitrogens with zero attached hydrogens (tertiary/aromatic N) is 1. The molecule has 0 N–H and O–H groups in total. The van der Waals surface area contributed by atoms with Gasteiger partial charge in [-0.3, -0.25) is 0 Å². The number of piperidine rings is 1. The first-order valence-corrected chi connectivity index (χ1v) is 9.71. The van der Waals surface area contributed by atoms with E-state index >= 15 is 0 Å². The number of thioether (sulfide) groups is 1. The van der Waals surface area contributed by atoms with Gasteiger partial charge in [-0.25, -0.2) is 8.42 Å². The summed E-state index contributed by atoms with van der Waals surface area (Å²) in [5.41, 5.74) is 2.13. The summed E-state index contributed by atoms with van der Waals surface area (Å²) >= 11 is 1.83. The third-order valence-corrected chi connectivity index (χ3v) is 7.73. The zero-order valence-corrected chi connectivity index (χ0v) is 14.1. The molecule has 0 atom stereocenters. The van der Waals surface area contributed by atoms with E-state index in [-0.39, 0.29) is 4.93 Å². The van der Waals surface area contributed by atoms with Crippen molar-refractivity contribution in [3.8, 4) is 0 Å². The van der Waals surface area contributed by atoms with Crippen molar-refractivity contribution in [3.63, 3.8) is 0 Å². The molecule has 2 fully saturated rings. The van der Waals surface area contributed by atoms with Crippen molar-refractivity contribution in [3.05, 3.63) is 29.3 Å². The molecule has 2 heterocycles. The third kappa shape index (κ3) is 2.86. The van der Waals surface area contributed by atoms with E-state index in [4.69, 9.17) is 4.74 Å². The summed E-state index contributed by atoms with van der Waals surface area (Å²) in [5, 5.41) is 0. The van der Waals surface area contributed by atoms with Gasteiger partial charge in [0.05, 0.1) is 11.5 Å². The Hall–Kier alpha value is -0.560. The van der Waals surface area contributed by atoms with Crippen LogP contribution in [0.25, 0.3) is 0 Å². The second-order valence-electron chi connectivity index (χ2n) is 5.76. The maximum atomic E-state index is 12.7. The van der Waals surface area contributed by atoms with Gasteiger partial charge < -0.3 is 4.74 Å². The summed E-state index contributed by atoms with van der Waals surface area (Å²) in [7, 11) is -3.38. The molecule has 4 nitrogen and oxygen atoms in total. The highest BCUT2D eigenvalue weighted by atomic mass is 32.2. The molecule has 21 heavy (non-hydrogen) atoms. The summed E-state index contributed by atoms with van der Waals surface area (Å²) in [5.74, 6) is 1.02. The average molecular weight is 327 g/mol. The van der Waals surface area contributed by atoms with Crippen LogP contribution < -0.4 is 0 Å². The fraction of sp³-hybridized carbons (Fsp3) is 0.600. The fourth-order valence-corrected chi connectivity index (χ4v) is 5.58. The standard InChI is InChI=1S/C15H21NO3S2/c1-12-3-4-14(11-13(12)2)21(17,18)16-7-5-15(6-8-16)19-9-10-20-15/h3-4,11H,5-10H2,1-2H3. The molecule has 0 aliphatic carbocycles. The van der Waals surface area contributed by atoms with E-state index in [0.29, 0.717) is 18.0 Å². The minimum absolute atomic E-state index is 0.130. The Bertz CT molecular complexity index is 626. The Labute approximate surface area is 130 Å². The summed E-state index contributed by atoms with van der Waals surface area (Å²) in [6, 6.07) is 5.36. The van der Waals surface area contributed by atoms with Crippen LogP contribution >= 0.6 is 11.8 Å². The SMILES string of the molecule is Cc1ccc(S(=O)(=O)N2CCC3(CC2)OCCS3)cc1C. The van der Waals surface area contributed by atoms with Crippen molar-refractivity contribution in [2.45, 2.75) is 36.5 Å². The molecule has 0 aromatic heterocycles. The largest absolute Gasteiger partial charge is 0.363 e. The van der Waals surface area contributed by atoms with Crippen molar-refractivity contribution in [2.75, 3.05) is 25.4 Å². The van der Waals surface area contributed by atoms with E-state index in [1.54, 1.807) is 16.4 Å². The molecular weight excluding hydrogens is 306 g/mol. The van der Waals surface area contributed by atoms with E-state index in [1.807, 2.05) is 31.7 Å². The van der Waals surface area contributed by atoms with E-state index in [0.717, 1.165) is 36.3 Å². The number of hydrogen-bond acceptors (Lipinski definition) is 4. The van der Waals surface area contributed by atoms with Gasteiger partial charge in [-0.2, -0.15) is 4.31 Å². The topological polar surface area (TPSA) is 46.6 Å². The molecule has 116 valence electrons. The van der Waals surface area contributed by atoms with E-state index in [9.17, 15) is 8.42 Å². The summed E-state index contributed by atoms with van der Waals surface area (Å²) in [6.07, 6.45) is 1.56. The lowest BCUT2D eigenvalue weighted by Crippen LogP contribution is -2.44. The highest BCUT2D eigenvalue weighted by molar-refractivity contribution is 8.00. The quantitative estimate of drug-likeness (QED) is 0.837. The van der Waals surface area contributed by atoms with Crippen LogP contribution in [0.2, 0.25) is 0 Å². The molecule has 2 aliphatic heterocycles. The number of benzene rings is 1. The van der Waals surface area contributed by atoms with Gasteiger partial charge in [0.2, 0.25) is 10.0 Å². The molecule has 1 aromatic rings. The van der Waals surface area contributed by atoms with Crippen LogP contribution in [0.3, 0.4) is 0 Å². The van der Waals surface area contributed by atoms with Crippen LogP contribution in [0, 0.1) is 13.8 Å². The number of hydrogen-bond donors (Lipinski definition) is 0. The van der Waals surface area contributed by atoms with Crippen LogP contribution in [0.5, 0.6) is 0 Å². The van der Waals surface area contributed by atoms with E-state index in [1.165, 1.54) is 0 Å². The molecule has 0 unspecified atom stereocenters. The predicted molar refractivity (Wildman–Crippen MR) is 85.0 cm³/mol. The fourth-order valence-electron chi connectivity index (χ4n) is 2.88. The minimum atomic E-state index is -3.38. The Balaban J connectivity index is 1.78. The molecular formula is C15H21NO3S2. The number of aryl methyl sites for hydroxylation is 2. The number of ether oxygens (including phenoxy) is 1. The first-order chi connectivity index (χ1) is 9.93. The highest BCUT2D eigenvalue weighted by Crippen LogP contribution is 2.42. The molecule has 0 bridgehead atoms. The molecule has 1 aromatic carbocycles. The lowest BCUT2D eigenvalue weighted by Gasteiger charge is -2.37. The predicted octanol–water partition coefficient (Wildman–Crippen LogP) is 2.55. The van der Waals surface area contributed by atoms with Crippen molar-refractivity contribution in [1.82, 2.24) is 4.31 Å². The molecule has 2 aliphatic rings. The first kappa shape index (κ1) is 15.3. The monoisotopic (exact) mass is 327 g/mol. The third-order valence-electron chi connectivity index (χ3n) is 4.41. The van der Waals surface area contributed by atoms with E-state index < -0.39 is 10.0 Å². The smallest absolute Gasteiger partial charge is 0.243 e. The molecule has 1 spiro atoms. The van der Waals surface area contributed by atoms with Crippen LogP contribution in [-0.2, 0) is 14.8 Å². The number of rotatable bonds is 2. The van der Waals surface area contributed by atoms with Crippen LogP contribution in [0.4, 0.5) is 0 Å². The van der Waals surface area contributed by atoms with Gasteiger partial charge in [-0.1, -0.05) is 6.07 Å². The zero-order valence-electron chi connectivity index (χ0n) is 12.5. The van der Waals surface area contributed by atoms with Crippen LogP contribution in [0.1, 0.15) is 24.0 Å². The summed E-state index contributed by atoms with van der Waals surface area (Å²) < 4.78 is 32.9. The Morgan fingerprint density at radius 3 is 2.48 bits per heavy atom. The molecule has 3 rings (SSSR count). The van der Waals surface area contributed by atoms with Gasteiger partial charge in [0.25, 0.3) is 0 Å². The summed E-state index contributed by atoms with van der Waals surface area (Å²) in [6.45, 7) is 5.81. The zero-order chi connectivity index (χ0) is 15.1. The molecule has 0 radical (unpaired) electrons. The maximum Gasteiger partial charge on any atom is 0.243 e. The van der Waals surface area contributed by atoms with Gasteiger partial charge in [0, 0.05) is 18.8 Å². The lowest BCUT2D eigenvalue weighted by molar-refractivity contribution is 0.0162. The molecule has 6 heteroatoms.